The Balaban J connectivity index is 2.02. The van der Waals surface area contributed by atoms with Gasteiger partial charge in [0.1, 0.15) is 0 Å². The molecule has 1 aromatic carbocycles. The third kappa shape index (κ3) is 3.05. The molecule has 98 valence electrons. The molecule has 0 aromatic heterocycles. The number of nitrogens with two attached hydrogens (primary N) is 1. The van der Waals surface area contributed by atoms with Crippen molar-refractivity contribution in [1.29, 1.82) is 0 Å². The number of hydrogen-bond donors (Lipinski definition) is 2. The van der Waals surface area contributed by atoms with E-state index in [4.69, 9.17) is 5.73 Å². The van der Waals surface area contributed by atoms with Crippen molar-refractivity contribution in [2.45, 2.75) is 44.3 Å². The molecule has 1 fully saturated rings. The Morgan fingerprint density at radius 2 is 2.28 bits per heavy atom. The van der Waals surface area contributed by atoms with Crippen LogP contribution in [0.25, 0.3) is 0 Å². The molecule has 2 rings (SSSR count). The van der Waals surface area contributed by atoms with Gasteiger partial charge in [-0.15, -0.1) is 0 Å². The summed E-state index contributed by atoms with van der Waals surface area (Å²) in [6.07, 6.45) is 3.12. The molecule has 1 aliphatic carbocycles. The Bertz CT molecular complexity index is 436. The normalized spacial score (nSPS) is 25.0. The number of nitrogens with one attached hydrogen (secondary N) is 1. The first kappa shape index (κ1) is 13.0. The van der Waals surface area contributed by atoms with E-state index >= 15 is 0 Å². The molecule has 0 saturated heterocycles. The van der Waals surface area contributed by atoms with E-state index in [9.17, 15) is 10.1 Å². The van der Waals surface area contributed by atoms with Crippen LogP contribution in [0.2, 0.25) is 0 Å². The summed E-state index contributed by atoms with van der Waals surface area (Å²) in [6, 6.07) is 7.62. The van der Waals surface area contributed by atoms with Gasteiger partial charge in [-0.05, 0) is 31.7 Å². The average molecular weight is 249 g/mol. The molecule has 0 amide bonds. The number of non-ortho nitro benzene ring substituents is 1. The zero-order chi connectivity index (χ0) is 13.1. The van der Waals surface area contributed by atoms with Crippen molar-refractivity contribution >= 4 is 5.69 Å². The minimum Gasteiger partial charge on any atom is -0.328 e. The van der Waals surface area contributed by atoms with E-state index in [-0.39, 0.29) is 16.7 Å². The molecule has 0 radical (unpaired) electrons. The first-order valence-electron chi connectivity index (χ1n) is 6.32. The van der Waals surface area contributed by atoms with E-state index in [2.05, 4.69) is 5.32 Å². The van der Waals surface area contributed by atoms with E-state index in [0.29, 0.717) is 12.1 Å². The van der Waals surface area contributed by atoms with Crippen LogP contribution in [0.15, 0.2) is 24.3 Å². The molecule has 0 heterocycles. The quantitative estimate of drug-likeness (QED) is 0.632. The van der Waals surface area contributed by atoms with Gasteiger partial charge in [-0.25, -0.2) is 0 Å². The summed E-state index contributed by atoms with van der Waals surface area (Å²) in [5.41, 5.74) is 6.97. The smallest absolute Gasteiger partial charge is 0.269 e. The third-order valence-corrected chi connectivity index (χ3v) is 3.54. The summed E-state index contributed by atoms with van der Waals surface area (Å²) < 4.78 is 0. The van der Waals surface area contributed by atoms with Crippen LogP contribution in [-0.4, -0.2) is 17.0 Å². The molecule has 0 bridgehead atoms. The van der Waals surface area contributed by atoms with Crippen LogP contribution in [0.5, 0.6) is 0 Å². The lowest BCUT2D eigenvalue weighted by Crippen LogP contribution is -2.30. The summed E-state index contributed by atoms with van der Waals surface area (Å²) in [7, 11) is 0. The Morgan fingerprint density at radius 3 is 2.89 bits per heavy atom. The second-order valence-electron chi connectivity index (χ2n) is 5.01. The van der Waals surface area contributed by atoms with Crippen LogP contribution in [0.3, 0.4) is 0 Å². The third-order valence-electron chi connectivity index (χ3n) is 3.54. The number of rotatable bonds is 4. The zero-order valence-electron chi connectivity index (χ0n) is 10.5. The Hall–Kier alpha value is -1.46. The molecule has 3 N–H and O–H groups in total. The van der Waals surface area contributed by atoms with Crippen molar-refractivity contribution in [2.24, 2.45) is 5.73 Å². The van der Waals surface area contributed by atoms with E-state index in [1.165, 1.54) is 6.07 Å². The molecule has 3 unspecified atom stereocenters. The van der Waals surface area contributed by atoms with E-state index in [1.54, 1.807) is 12.1 Å². The van der Waals surface area contributed by atoms with Crippen molar-refractivity contribution in [1.82, 2.24) is 5.32 Å². The lowest BCUT2D eigenvalue weighted by molar-refractivity contribution is -0.384. The molecule has 5 heteroatoms. The number of nitro benzene ring substituents is 1. The second-order valence-corrected chi connectivity index (χ2v) is 5.01. The highest BCUT2D eigenvalue weighted by Gasteiger charge is 2.23. The van der Waals surface area contributed by atoms with Gasteiger partial charge in [-0.3, -0.25) is 10.1 Å². The molecule has 1 saturated carbocycles. The Kier molecular flexibility index (Phi) is 3.93. The van der Waals surface area contributed by atoms with Gasteiger partial charge in [0.15, 0.2) is 0 Å². The molecule has 0 spiro atoms. The predicted molar refractivity (Wildman–Crippen MR) is 70.3 cm³/mol. The number of hydrogen-bond acceptors (Lipinski definition) is 4. The SMILES string of the molecule is CC(NC1CCC(N)C1)c1cccc([N+](=O)[O-])c1. The number of benzene rings is 1. The minimum atomic E-state index is -0.359. The fourth-order valence-electron chi connectivity index (χ4n) is 2.53. The highest BCUT2D eigenvalue weighted by Crippen LogP contribution is 2.23. The van der Waals surface area contributed by atoms with E-state index < -0.39 is 0 Å². The summed E-state index contributed by atoms with van der Waals surface area (Å²) in [6.45, 7) is 2.03. The summed E-state index contributed by atoms with van der Waals surface area (Å²) >= 11 is 0. The van der Waals surface area contributed by atoms with Crippen LogP contribution >= 0.6 is 0 Å². The fourth-order valence-corrected chi connectivity index (χ4v) is 2.53. The van der Waals surface area contributed by atoms with Gasteiger partial charge in [0, 0.05) is 30.3 Å². The maximum atomic E-state index is 10.7. The van der Waals surface area contributed by atoms with Crippen molar-refractivity contribution < 1.29 is 4.92 Å². The number of nitro groups is 1. The predicted octanol–water partition coefficient (Wildman–Crippen LogP) is 2.13. The molecule has 1 aliphatic rings. The highest BCUT2D eigenvalue weighted by molar-refractivity contribution is 5.35. The van der Waals surface area contributed by atoms with Gasteiger partial charge in [-0.2, -0.15) is 0 Å². The summed E-state index contributed by atoms with van der Waals surface area (Å²) in [5, 5.41) is 14.2. The van der Waals surface area contributed by atoms with Gasteiger partial charge >= 0.3 is 0 Å². The van der Waals surface area contributed by atoms with Gasteiger partial charge in [0.05, 0.1) is 4.92 Å². The minimum absolute atomic E-state index is 0.111. The van der Waals surface area contributed by atoms with Crippen molar-refractivity contribution in [2.75, 3.05) is 0 Å². The molecule has 3 atom stereocenters. The van der Waals surface area contributed by atoms with E-state index in [1.807, 2.05) is 13.0 Å². The maximum Gasteiger partial charge on any atom is 0.269 e. The van der Waals surface area contributed by atoms with Crippen molar-refractivity contribution in [3.63, 3.8) is 0 Å². The van der Waals surface area contributed by atoms with Crippen LogP contribution in [0.1, 0.15) is 37.8 Å². The van der Waals surface area contributed by atoms with Crippen LogP contribution in [0.4, 0.5) is 5.69 Å². The fraction of sp³-hybridized carbons (Fsp3) is 0.538. The monoisotopic (exact) mass is 249 g/mol. The highest BCUT2D eigenvalue weighted by atomic mass is 16.6. The summed E-state index contributed by atoms with van der Waals surface area (Å²) in [4.78, 5) is 10.4. The second kappa shape index (κ2) is 5.46. The van der Waals surface area contributed by atoms with E-state index in [0.717, 1.165) is 24.8 Å². The largest absolute Gasteiger partial charge is 0.328 e. The lowest BCUT2D eigenvalue weighted by atomic mass is 10.1. The molecule has 18 heavy (non-hydrogen) atoms. The molecular formula is C13H19N3O2. The first-order chi connectivity index (χ1) is 8.56. The van der Waals surface area contributed by atoms with Gasteiger partial charge < -0.3 is 11.1 Å². The molecule has 1 aromatic rings. The van der Waals surface area contributed by atoms with Crippen LogP contribution < -0.4 is 11.1 Å². The zero-order valence-corrected chi connectivity index (χ0v) is 10.5. The van der Waals surface area contributed by atoms with Crippen molar-refractivity contribution in [3.05, 3.63) is 39.9 Å². The lowest BCUT2D eigenvalue weighted by Gasteiger charge is -2.19. The first-order valence-corrected chi connectivity index (χ1v) is 6.32. The maximum absolute atomic E-state index is 10.7. The summed E-state index contributed by atoms with van der Waals surface area (Å²) in [5.74, 6) is 0. The topological polar surface area (TPSA) is 81.2 Å². The average Bonchev–Trinajstić information content (AvgIpc) is 2.75. The van der Waals surface area contributed by atoms with Gasteiger partial charge in [-0.1, -0.05) is 12.1 Å². The molecular weight excluding hydrogens is 230 g/mol. The van der Waals surface area contributed by atoms with Crippen LogP contribution in [-0.2, 0) is 0 Å². The van der Waals surface area contributed by atoms with Crippen LogP contribution in [0, 0.1) is 10.1 Å². The van der Waals surface area contributed by atoms with Crippen molar-refractivity contribution in [3.8, 4) is 0 Å². The van der Waals surface area contributed by atoms with Gasteiger partial charge in [0.2, 0.25) is 0 Å². The number of nitrogens with zero attached hydrogens (tertiary/aromatic N) is 1. The Morgan fingerprint density at radius 1 is 1.50 bits per heavy atom. The molecule has 0 aliphatic heterocycles. The standard InChI is InChI=1S/C13H19N3O2/c1-9(15-12-6-5-11(14)8-12)10-3-2-4-13(7-10)16(17)18/h2-4,7,9,11-12,15H,5-6,8,14H2,1H3. The van der Waals surface area contributed by atoms with Gasteiger partial charge in [0.25, 0.3) is 5.69 Å². The molecule has 5 nitrogen and oxygen atoms in total. The Labute approximate surface area is 107 Å².